The number of benzene rings is 1. The molecule has 2 saturated heterocycles. The molecule has 9 heteroatoms. The number of nitrogens with one attached hydrogen (secondary N) is 2. The van der Waals surface area contributed by atoms with Gasteiger partial charge in [-0.05, 0) is 43.4 Å². The Morgan fingerprint density at radius 2 is 1.76 bits per heavy atom. The molecule has 1 aromatic carbocycles. The fraction of sp³-hybridized carbons (Fsp3) is 0.550. The van der Waals surface area contributed by atoms with Crippen LogP contribution in [0.3, 0.4) is 0 Å². The molecule has 3 fully saturated rings. The average molecular weight is 439 g/mol. The van der Waals surface area contributed by atoms with Gasteiger partial charge in [-0.15, -0.1) is 0 Å². The highest BCUT2D eigenvalue weighted by molar-refractivity contribution is 6.35. The number of hydrogen-bond donors (Lipinski definition) is 2. The van der Waals surface area contributed by atoms with Crippen LogP contribution >= 0.6 is 23.2 Å². The monoisotopic (exact) mass is 438 g/mol. The number of rotatable bonds is 5. The summed E-state index contributed by atoms with van der Waals surface area (Å²) in [6.07, 6.45) is 2.13. The Kier molecular flexibility index (Phi) is 5.38. The van der Waals surface area contributed by atoms with Crippen LogP contribution in [-0.2, 0) is 9.59 Å². The second-order valence-electron chi connectivity index (χ2n) is 8.20. The summed E-state index contributed by atoms with van der Waals surface area (Å²) in [5, 5.41) is 6.32. The van der Waals surface area contributed by atoms with Gasteiger partial charge >= 0.3 is 6.03 Å². The number of nitrogens with zero attached hydrogens (tertiary/aromatic N) is 2. The van der Waals surface area contributed by atoms with Gasteiger partial charge < -0.3 is 15.1 Å². The topological polar surface area (TPSA) is 81.8 Å². The molecule has 0 bridgehead atoms. The summed E-state index contributed by atoms with van der Waals surface area (Å²) in [5.74, 6) is -0.518. The quantitative estimate of drug-likeness (QED) is 0.692. The van der Waals surface area contributed by atoms with Crippen molar-refractivity contribution >= 4 is 46.7 Å². The van der Waals surface area contributed by atoms with Crippen LogP contribution in [0.1, 0.15) is 26.2 Å². The normalized spacial score (nSPS) is 25.6. The Labute approximate surface area is 179 Å². The lowest BCUT2D eigenvalue weighted by Crippen LogP contribution is -2.54. The Balaban J connectivity index is 1.38. The van der Waals surface area contributed by atoms with Crippen LogP contribution < -0.4 is 15.5 Å². The third-order valence-corrected chi connectivity index (χ3v) is 6.53. The van der Waals surface area contributed by atoms with Crippen LogP contribution in [0.25, 0.3) is 0 Å². The van der Waals surface area contributed by atoms with E-state index in [2.05, 4.69) is 15.5 Å². The first-order valence-corrected chi connectivity index (χ1v) is 10.7. The van der Waals surface area contributed by atoms with E-state index in [9.17, 15) is 14.4 Å². The van der Waals surface area contributed by atoms with Gasteiger partial charge in [-0.2, -0.15) is 0 Å². The standard InChI is InChI=1S/C20H24Cl2N4O3/c1-12(11-20(13-2-3-13)18(28)23-19(29)24-20)17(27)26-6-4-25(5-7-26)16-9-14(21)8-15(22)10-16/h8-10,12-13H,2-7,11H2,1H3,(H2,23,24,28,29). The van der Waals surface area contributed by atoms with Gasteiger partial charge in [0.1, 0.15) is 5.54 Å². The minimum absolute atomic E-state index is 0.0164. The van der Waals surface area contributed by atoms with Crippen molar-refractivity contribution < 1.29 is 14.4 Å². The van der Waals surface area contributed by atoms with Gasteiger partial charge in [0.2, 0.25) is 5.91 Å². The van der Waals surface area contributed by atoms with Gasteiger partial charge in [-0.25, -0.2) is 4.79 Å². The fourth-order valence-electron chi connectivity index (χ4n) is 4.47. The number of imide groups is 1. The van der Waals surface area contributed by atoms with Crippen LogP contribution in [0.15, 0.2) is 18.2 Å². The van der Waals surface area contributed by atoms with Crippen molar-refractivity contribution in [2.24, 2.45) is 11.8 Å². The summed E-state index contributed by atoms with van der Waals surface area (Å²) >= 11 is 12.2. The van der Waals surface area contributed by atoms with Crippen molar-refractivity contribution in [1.82, 2.24) is 15.5 Å². The molecule has 2 unspecified atom stereocenters. The van der Waals surface area contributed by atoms with Crippen LogP contribution in [0.5, 0.6) is 0 Å². The molecule has 4 amide bonds. The number of piperazine rings is 1. The van der Waals surface area contributed by atoms with E-state index in [1.807, 2.05) is 24.0 Å². The van der Waals surface area contributed by atoms with Crippen molar-refractivity contribution in [2.45, 2.75) is 31.7 Å². The minimum atomic E-state index is -0.939. The van der Waals surface area contributed by atoms with E-state index < -0.39 is 11.6 Å². The van der Waals surface area contributed by atoms with Crippen molar-refractivity contribution in [2.75, 3.05) is 31.1 Å². The highest BCUT2D eigenvalue weighted by atomic mass is 35.5. The SMILES string of the molecule is CC(CC1(C2CC2)NC(=O)NC1=O)C(=O)N1CCN(c2cc(Cl)cc(Cl)c2)CC1. The number of urea groups is 1. The molecule has 2 N–H and O–H groups in total. The number of carbonyl (C=O) groups is 3. The molecule has 3 aliphatic rings. The molecule has 1 aromatic rings. The minimum Gasteiger partial charge on any atom is -0.368 e. The smallest absolute Gasteiger partial charge is 0.322 e. The number of anilines is 1. The molecule has 2 aliphatic heterocycles. The molecule has 1 saturated carbocycles. The Bertz CT molecular complexity index is 832. The second-order valence-corrected chi connectivity index (χ2v) is 9.07. The maximum Gasteiger partial charge on any atom is 0.322 e. The van der Waals surface area contributed by atoms with Crippen molar-refractivity contribution in [3.8, 4) is 0 Å². The zero-order valence-electron chi connectivity index (χ0n) is 16.2. The summed E-state index contributed by atoms with van der Waals surface area (Å²) in [6, 6.07) is 4.97. The summed E-state index contributed by atoms with van der Waals surface area (Å²) in [5.41, 5.74) is 0.00610. The van der Waals surface area contributed by atoms with Crippen LogP contribution in [0.2, 0.25) is 10.0 Å². The summed E-state index contributed by atoms with van der Waals surface area (Å²) in [6.45, 7) is 4.37. The molecule has 29 heavy (non-hydrogen) atoms. The van der Waals surface area contributed by atoms with E-state index in [-0.39, 0.29) is 23.7 Å². The molecule has 2 atom stereocenters. The molecular weight excluding hydrogens is 415 g/mol. The largest absolute Gasteiger partial charge is 0.368 e. The molecule has 0 radical (unpaired) electrons. The first-order chi connectivity index (χ1) is 13.8. The highest BCUT2D eigenvalue weighted by Crippen LogP contribution is 2.44. The Hall–Kier alpha value is -1.99. The fourth-order valence-corrected chi connectivity index (χ4v) is 4.98. The van der Waals surface area contributed by atoms with Crippen LogP contribution in [0.4, 0.5) is 10.5 Å². The first kappa shape index (κ1) is 20.3. The molecule has 7 nitrogen and oxygen atoms in total. The number of carbonyl (C=O) groups excluding carboxylic acids is 3. The number of hydrogen-bond acceptors (Lipinski definition) is 4. The Morgan fingerprint density at radius 3 is 2.28 bits per heavy atom. The van der Waals surface area contributed by atoms with E-state index in [1.165, 1.54) is 0 Å². The summed E-state index contributed by atoms with van der Waals surface area (Å²) in [7, 11) is 0. The molecular formula is C20H24Cl2N4O3. The summed E-state index contributed by atoms with van der Waals surface area (Å²) in [4.78, 5) is 41.2. The predicted molar refractivity (Wildman–Crippen MR) is 111 cm³/mol. The van der Waals surface area contributed by atoms with E-state index in [4.69, 9.17) is 23.2 Å². The lowest BCUT2D eigenvalue weighted by Gasteiger charge is -2.38. The van der Waals surface area contributed by atoms with Gasteiger partial charge in [-0.3, -0.25) is 14.9 Å². The highest BCUT2D eigenvalue weighted by Gasteiger charge is 2.56. The molecule has 0 spiro atoms. The van der Waals surface area contributed by atoms with E-state index in [1.54, 1.807) is 6.07 Å². The Morgan fingerprint density at radius 1 is 1.14 bits per heavy atom. The molecule has 1 aliphatic carbocycles. The molecule has 4 rings (SSSR count). The van der Waals surface area contributed by atoms with Gasteiger partial charge in [0, 0.05) is 47.8 Å². The van der Waals surface area contributed by atoms with Gasteiger partial charge in [0.15, 0.2) is 0 Å². The third kappa shape index (κ3) is 4.03. The second kappa shape index (κ2) is 7.69. The molecule has 156 valence electrons. The lowest BCUT2D eigenvalue weighted by atomic mass is 9.83. The van der Waals surface area contributed by atoms with Crippen LogP contribution in [-0.4, -0.2) is 54.5 Å². The third-order valence-electron chi connectivity index (χ3n) is 6.10. The average Bonchev–Trinajstić information content (AvgIpc) is 3.47. The zero-order valence-corrected chi connectivity index (χ0v) is 17.7. The van der Waals surface area contributed by atoms with Crippen LogP contribution in [0, 0.1) is 11.8 Å². The van der Waals surface area contributed by atoms with E-state index in [0.29, 0.717) is 42.6 Å². The maximum atomic E-state index is 13.0. The lowest BCUT2D eigenvalue weighted by molar-refractivity contribution is -0.136. The maximum absolute atomic E-state index is 13.0. The van der Waals surface area contributed by atoms with Crippen molar-refractivity contribution in [1.29, 1.82) is 0 Å². The zero-order chi connectivity index (χ0) is 20.8. The number of halogens is 2. The predicted octanol–water partition coefficient (Wildman–Crippen LogP) is 2.66. The van der Waals surface area contributed by atoms with Crippen molar-refractivity contribution in [3.05, 3.63) is 28.2 Å². The molecule has 0 aromatic heterocycles. The summed E-state index contributed by atoms with van der Waals surface area (Å²) < 4.78 is 0. The van der Waals surface area contributed by atoms with E-state index in [0.717, 1.165) is 18.5 Å². The number of amides is 4. The van der Waals surface area contributed by atoms with Gasteiger partial charge in [0.25, 0.3) is 5.91 Å². The molecule has 2 heterocycles. The van der Waals surface area contributed by atoms with E-state index >= 15 is 0 Å². The van der Waals surface area contributed by atoms with Crippen molar-refractivity contribution in [3.63, 3.8) is 0 Å². The van der Waals surface area contributed by atoms with Gasteiger partial charge in [-0.1, -0.05) is 30.1 Å². The first-order valence-electron chi connectivity index (χ1n) is 9.92. The van der Waals surface area contributed by atoms with Gasteiger partial charge in [0.05, 0.1) is 0 Å².